The van der Waals surface area contributed by atoms with Gasteiger partial charge in [-0.2, -0.15) is 4.39 Å². The van der Waals surface area contributed by atoms with Crippen molar-refractivity contribution >= 4 is 0 Å². The maximum absolute atomic E-state index is 12.6. The summed E-state index contributed by atoms with van der Waals surface area (Å²) in [5.74, 6) is -0.924. The zero-order valence-electron chi connectivity index (χ0n) is 8.31. The van der Waals surface area contributed by atoms with Crippen molar-refractivity contribution in [2.75, 3.05) is 0 Å². The molecule has 82 valence electrons. The van der Waals surface area contributed by atoms with Crippen molar-refractivity contribution in [1.82, 2.24) is 9.97 Å². The monoisotopic (exact) mass is 220 g/mol. The van der Waals surface area contributed by atoms with Crippen molar-refractivity contribution in [2.24, 2.45) is 0 Å². The van der Waals surface area contributed by atoms with Crippen molar-refractivity contribution in [1.29, 1.82) is 0 Å². The first kappa shape index (κ1) is 10.4. The molecule has 1 heterocycles. The Bertz CT molecular complexity index is 525. The van der Waals surface area contributed by atoms with Gasteiger partial charge in [0.1, 0.15) is 6.61 Å². The number of hydrogen-bond acceptors (Lipinski definition) is 3. The number of nitrogens with zero attached hydrogens (tertiary/aromatic N) is 1. The molecule has 16 heavy (non-hydrogen) atoms. The Labute approximate surface area is 90.7 Å². The first-order valence-electron chi connectivity index (χ1n) is 4.67. The van der Waals surface area contributed by atoms with Crippen molar-refractivity contribution in [3.05, 3.63) is 58.3 Å². The summed E-state index contributed by atoms with van der Waals surface area (Å²) in [6.45, 7) is 0.273. The van der Waals surface area contributed by atoms with Gasteiger partial charge in [-0.25, -0.2) is 4.98 Å². The molecule has 0 amide bonds. The Morgan fingerprint density at radius 1 is 1.31 bits per heavy atom. The van der Waals surface area contributed by atoms with Crippen LogP contribution >= 0.6 is 0 Å². The number of H-pyrrole nitrogens is 1. The van der Waals surface area contributed by atoms with Crippen LogP contribution in [0.4, 0.5) is 4.39 Å². The highest BCUT2D eigenvalue weighted by molar-refractivity contribution is 5.14. The molecule has 0 bridgehead atoms. The van der Waals surface area contributed by atoms with Crippen LogP contribution in [0.15, 0.2) is 41.3 Å². The number of aromatic amines is 1. The fourth-order valence-electron chi connectivity index (χ4n) is 1.16. The van der Waals surface area contributed by atoms with Crippen LogP contribution in [-0.4, -0.2) is 9.97 Å². The summed E-state index contributed by atoms with van der Waals surface area (Å²) in [5, 5.41) is 0. The smallest absolute Gasteiger partial charge is 0.296 e. The average Bonchev–Trinajstić information content (AvgIpc) is 2.32. The summed E-state index contributed by atoms with van der Waals surface area (Å²) in [4.78, 5) is 16.7. The second-order valence-corrected chi connectivity index (χ2v) is 3.14. The minimum absolute atomic E-state index is 0.00949. The first-order chi connectivity index (χ1) is 7.75. The van der Waals surface area contributed by atoms with E-state index >= 15 is 0 Å². The zero-order valence-corrected chi connectivity index (χ0v) is 8.31. The van der Waals surface area contributed by atoms with E-state index < -0.39 is 11.4 Å². The molecule has 0 aliphatic rings. The normalized spacial score (nSPS) is 10.1. The van der Waals surface area contributed by atoms with Crippen LogP contribution < -0.4 is 10.3 Å². The van der Waals surface area contributed by atoms with E-state index in [9.17, 15) is 9.18 Å². The molecule has 1 aromatic heterocycles. The number of benzene rings is 1. The Hall–Kier alpha value is -2.17. The van der Waals surface area contributed by atoms with E-state index in [0.717, 1.165) is 11.8 Å². The fraction of sp³-hybridized carbons (Fsp3) is 0.0909. The third-order valence-corrected chi connectivity index (χ3v) is 1.95. The number of rotatable bonds is 3. The lowest BCUT2D eigenvalue weighted by Gasteiger charge is -2.03. The highest BCUT2D eigenvalue weighted by Gasteiger charge is 2.01. The molecule has 0 fully saturated rings. The molecule has 0 saturated carbocycles. The molecule has 0 aliphatic heterocycles. The molecule has 0 aliphatic carbocycles. The van der Waals surface area contributed by atoms with Gasteiger partial charge in [-0.15, -0.1) is 0 Å². The van der Waals surface area contributed by atoms with Crippen molar-refractivity contribution in [3.8, 4) is 6.01 Å². The molecule has 1 aromatic carbocycles. The van der Waals surface area contributed by atoms with Gasteiger partial charge < -0.3 is 4.74 Å². The van der Waals surface area contributed by atoms with Crippen LogP contribution in [0.25, 0.3) is 0 Å². The highest BCUT2D eigenvalue weighted by Crippen LogP contribution is 2.04. The summed E-state index contributed by atoms with van der Waals surface area (Å²) in [6.07, 6.45) is 0.832. The predicted molar refractivity (Wildman–Crippen MR) is 55.6 cm³/mol. The van der Waals surface area contributed by atoms with E-state index in [1.54, 1.807) is 0 Å². The van der Waals surface area contributed by atoms with Gasteiger partial charge in [-0.05, 0) is 5.56 Å². The van der Waals surface area contributed by atoms with Gasteiger partial charge in [-0.3, -0.25) is 9.78 Å². The number of hydrogen-bond donors (Lipinski definition) is 1. The SMILES string of the molecule is O=c1[nH]c(OCc2ccccc2)ncc1F. The second-order valence-electron chi connectivity index (χ2n) is 3.14. The number of aromatic nitrogens is 2. The molecular formula is C11H9FN2O2. The fourth-order valence-corrected chi connectivity index (χ4v) is 1.16. The third kappa shape index (κ3) is 2.44. The van der Waals surface area contributed by atoms with E-state index in [4.69, 9.17) is 4.74 Å². The largest absolute Gasteiger partial charge is 0.460 e. The highest BCUT2D eigenvalue weighted by atomic mass is 19.1. The maximum atomic E-state index is 12.6. The Balaban J connectivity index is 2.05. The minimum atomic E-state index is -0.924. The lowest BCUT2D eigenvalue weighted by molar-refractivity contribution is 0.278. The van der Waals surface area contributed by atoms with Crippen LogP contribution in [0.2, 0.25) is 0 Å². The van der Waals surface area contributed by atoms with Crippen molar-refractivity contribution in [3.63, 3.8) is 0 Å². The van der Waals surface area contributed by atoms with Crippen LogP contribution in [-0.2, 0) is 6.61 Å². The number of nitrogens with one attached hydrogen (secondary N) is 1. The average molecular weight is 220 g/mol. The zero-order chi connectivity index (χ0) is 11.4. The summed E-state index contributed by atoms with van der Waals surface area (Å²) in [5.41, 5.74) is 0.104. The van der Waals surface area contributed by atoms with Crippen LogP contribution in [0.1, 0.15) is 5.56 Å². The predicted octanol–water partition coefficient (Wildman–Crippen LogP) is 1.49. The quantitative estimate of drug-likeness (QED) is 0.852. The molecule has 0 spiro atoms. The minimum Gasteiger partial charge on any atom is -0.460 e. The second kappa shape index (κ2) is 4.57. The molecule has 0 radical (unpaired) electrons. The van der Waals surface area contributed by atoms with Gasteiger partial charge >= 0.3 is 0 Å². The van der Waals surface area contributed by atoms with E-state index in [2.05, 4.69) is 9.97 Å². The van der Waals surface area contributed by atoms with Crippen molar-refractivity contribution in [2.45, 2.75) is 6.61 Å². The molecule has 4 nitrogen and oxygen atoms in total. The summed E-state index contributed by atoms with van der Waals surface area (Å²) in [6, 6.07) is 9.40. The van der Waals surface area contributed by atoms with Gasteiger partial charge in [0.25, 0.3) is 11.6 Å². The van der Waals surface area contributed by atoms with E-state index in [1.807, 2.05) is 30.3 Å². The Kier molecular flexibility index (Phi) is 2.95. The number of halogens is 1. The van der Waals surface area contributed by atoms with Gasteiger partial charge in [0.2, 0.25) is 5.82 Å². The molecule has 1 N–H and O–H groups in total. The molecule has 5 heteroatoms. The van der Waals surface area contributed by atoms with Crippen LogP contribution in [0.5, 0.6) is 6.01 Å². The number of ether oxygens (including phenoxy) is 1. The van der Waals surface area contributed by atoms with Crippen LogP contribution in [0, 0.1) is 5.82 Å². The molecule has 2 rings (SSSR count). The molecule has 0 unspecified atom stereocenters. The lowest BCUT2D eigenvalue weighted by atomic mass is 10.2. The van der Waals surface area contributed by atoms with Gasteiger partial charge in [0.05, 0.1) is 6.20 Å². The van der Waals surface area contributed by atoms with Crippen molar-refractivity contribution < 1.29 is 9.13 Å². The maximum Gasteiger partial charge on any atom is 0.296 e. The lowest BCUT2D eigenvalue weighted by Crippen LogP contribution is -2.13. The molecular weight excluding hydrogens is 211 g/mol. The molecule has 0 saturated heterocycles. The van der Waals surface area contributed by atoms with Gasteiger partial charge in [0.15, 0.2) is 0 Å². The first-order valence-corrected chi connectivity index (χ1v) is 4.67. The van der Waals surface area contributed by atoms with E-state index in [-0.39, 0.29) is 12.6 Å². The van der Waals surface area contributed by atoms with E-state index in [1.165, 1.54) is 0 Å². The molecule has 2 aromatic rings. The Morgan fingerprint density at radius 2 is 2.06 bits per heavy atom. The molecule has 0 atom stereocenters. The van der Waals surface area contributed by atoms with Gasteiger partial charge in [0, 0.05) is 0 Å². The van der Waals surface area contributed by atoms with Crippen LogP contribution in [0.3, 0.4) is 0 Å². The third-order valence-electron chi connectivity index (χ3n) is 1.95. The standard InChI is InChI=1S/C11H9FN2O2/c12-9-6-13-11(14-10(9)15)16-7-8-4-2-1-3-5-8/h1-6H,7H2,(H,13,14,15). The van der Waals surface area contributed by atoms with Gasteiger partial charge in [-0.1, -0.05) is 30.3 Å². The summed E-state index contributed by atoms with van der Waals surface area (Å²) < 4.78 is 17.8. The van der Waals surface area contributed by atoms with E-state index in [0.29, 0.717) is 0 Å². The summed E-state index contributed by atoms with van der Waals surface area (Å²) in [7, 11) is 0. The Morgan fingerprint density at radius 3 is 2.75 bits per heavy atom. The summed E-state index contributed by atoms with van der Waals surface area (Å²) >= 11 is 0. The topological polar surface area (TPSA) is 55.0 Å².